The Bertz CT molecular complexity index is 244. The van der Waals surface area contributed by atoms with E-state index < -0.39 is 6.10 Å². The quantitative estimate of drug-likeness (QED) is 0.625. The predicted molar refractivity (Wildman–Crippen MR) is 38.8 cm³/mol. The predicted octanol–water partition coefficient (Wildman–Crippen LogP) is 0.0425. The Morgan fingerprint density at radius 3 is 3.09 bits per heavy atom. The second-order valence-electron chi connectivity index (χ2n) is 2.30. The Morgan fingerprint density at radius 1 is 1.91 bits per heavy atom. The van der Waals surface area contributed by atoms with Crippen molar-refractivity contribution in [2.45, 2.75) is 12.5 Å². The number of aliphatic hydroxyl groups excluding tert-OH is 1. The zero-order chi connectivity index (χ0) is 8.27. The van der Waals surface area contributed by atoms with Gasteiger partial charge in [-0.25, -0.2) is 0 Å². The van der Waals surface area contributed by atoms with Gasteiger partial charge in [0.15, 0.2) is 0 Å². The molecule has 0 aromatic carbocycles. The van der Waals surface area contributed by atoms with Crippen LogP contribution in [0.4, 0.5) is 0 Å². The minimum absolute atomic E-state index is 0.125. The summed E-state index contributed by atoms with van der Waals surface area (Å²) in [4.78, 5) is 10.0. The number of nitrogens with zero attached hydrogens (tertiary/aromatic N) is 2. The molecule has 0 radical (unpaired) electrons. The molecule has 1 heterocycles. The monoisotopic (exact) mass is 154 g/mol. The molecular weight excluding hydrogens is 144 g/mol. The molecule has 4 heteroatoms. The van der Waals surface area contributed by atoms with Crippen molar-refractivity contribution in [2.24, 2.45) is 7.05 Å². The molecule has 0 saturated heterocycles. The topological polar surface area (TPSA) is 55.1 Å². The molecule has 0 fully saturated rings. The van der Waals surface area contributed by atoms with E-state index in [1.54, 1.807) is 24.0 Å². The number of hydrogen-bond acceptors (Lipinski definition) is 3. The third-order valence-corrected chi connectivity index (χ3v) is 1.52. The van der Waals surface area contributed by atoms with Gasteiger partial charge >= 0.3 is 0 Å². The second-order valence-corrected chi connectivity index (χ2v) is 2.30. The van der Waals surface area contributed by atoms with E-state index in [9.17, 15) is 9.90 Å². The van der Waals surface area contributed by atoms with E-state index in [1.807, 2.05) is 0 Å². The van der Waals surface area contributed by atoms with E-state index in [1.165, 1.54) is 0 Å². The summed E-state index contributed by atoms with van der Waals surface area (Å²) in [6.07, 6.45) is 1.68. The number of aldehydes is 1. The van der Waals surface area contributed by atoms with Gasteiger partial charge < -0.3 is 9.90 Å². The molecule has 0 saturated carbocycles. The number of aryl methyl sites for hydroxylation is 1. The smallest absolute Gasteiger partial charge is 0.122 e. The molecule has 1 rings (SSSR count). The van der Waals surface area contributed by atoms with Crippen LogP contribution >= 0.6 is 0 Å². The Morgan fingerprint density at radius 2 is 2.64 bits per heavy atom. The highest BCUT2D eigenvalue weighted by Crippen LogP contribution is 2.12. The first-order chi connectivity index (χ1) is 5.25. The highest BCUT2D eigenvalue weighted by atomic mass is 16.3. The SMILES string of the molecule is Cn1nccc1C(O)CC=O. The summed E-state index contributed by atoms with van der Waals surface area (Å²) in [5, 5.41) is 13.2. The Labute approximate surface area is 64.5 Å². The summed E-state index contributed by atoms with van der Waals surface area (Å²) in [6, 6.07) is 1.69. The summed E-state index contributed by atoms with van der Waals surface area (Å²) in [6.45, 7) is 0. The first kappa shape index (κ1) is 7.94. The lowest BCUT2D eigenvalue weighted by Gasteiger charge is -2.05. The maximum Gasteiger partial charge on any atom is 0.122 e. The molecule has 1 unspecified atom stereocenters. The minimum atomic E-state index is -0.722. The molecule has 4 nitrogen and oxygen atoms in total. The maximum atomic E-state index is 10.0. The summed E-state index contributed by atoms with van der Waals surface area (Å²) in [7, 11) is 1.73. The van der Waals surface area contributed by atoms with Crippen LogP contribution in [0.3, 0.4) is 0 Å². The average Bonchev–Trinajstić information content (AvgIpc) is 2.36. The van der Waals surface area contributed by atoms with Crippen molar-refractivity contribution in [1.82, 2.24) is 9.78 Å². The molecule has 1 aromatic heterocycles. The van der Waals surface area contributed by atoms with Gasteiger partial charge in [-0.05, 0) is 6.07 Å². The number of carbonyl (C=O) groups is 1. The third-order valence-electron chi connectivity index (χ3n) is 1.52. The summed E-state index contributed by atoms with van der Waals surface area (Å²) in [5.41, 5.74) is 0.664. The standard InChI is InChI=1S/C7H10N2O2/c1-9-6(2-4-8-9)7(11)3-5-10/h2,4-5,7,11H,3H2,1H3. The van der Waals surface area contributed by atoms with Crippen LogP contribution in [0, 0.1) is 0 Å². The molecule has 0 spiro atoms. The van der Waals surface area contributed by atoms with Gasteiger partial charge in [-0.1, -0.05) is 0 Å². The number of carbonyl (C=O) groups excluding carboxylic acids is 1. The highest BCUT2D eigenvalue weighted by molar-refractivity contribution is 5.50. The van der Waals surface area contributed by atoms with Crippen molar-refractivity contribution in [3.8, 4) is 0 Å². The first-order valence-electron chi connectivity index (χ1n) is 3.35. The van der Waals surface area contributed by atoms with Crippen LogP contribution in [0.5, 0.6) is 0 Å². The molecule has 1 atom stereocenters. The second kappa shape index (κ2) is 3.30. The maximum absolute atomic E-state index is 10.0. The van der Waals surface area contributed by atoms with Gasteiger partial charge in [-0.2, -0.15) is 5.10 Å². The third kappa shape index (κ3) is 1.65. The number of hydrogen-bond donors (Lipinski definition) is 1. The van der Waals surface area contributed by atoms with Crippen molar-refractivity contribution >= 4 is 6.29 Å². The molecule has 11 heavy (non-hydrogen) atoms. The lowest BCUT2D eigenvalue weighted by molar-refractivity contribution is -0.109. The van der Waals surface area contributed by atoms with E-state index in [0.717, 1.165) is 0 Å². The van der Waals surface area contributed by atoms with Crippen LogP contribution in [0.25, 0.3) is 0 Å². The number of aliphatic hydroxyl groups is 1. The fourth-order valence-electron chi connectivity index (χ4n) is 0.923. The summed E-state index contributed by atoms with van der Waals surface area (Å²) in [5.74, 6) is 0. The minimum Gasteiger partial charge on any atom is -0.386 e. The molecule has 0 aliphatic carbocycles. The zero-order valence-corrected chi connectivity index (χ0v) is 6.27. The zero-order valence-electron chi connectivity index (χ0n) is 6.27. The average molecular weight is 154 g/mol. The van der Waals surface area contributed by atoms with Gasteiger partial charge in [0.05, 0.1) is 5.69 Å². The molecule has 0 bridgehead atoms. The van der Waals surface area contributed by atoms with Crippen LogP contribution < -0.4 is 0 Å². The molecule has 0 aliphatic rings. The molecule has 1 aromatic rings. The fraction of sp³-hybridized carbons (Fsp3) is 0.429. The first-order valence-corrected chi connectivity index (χ1v) is 3.35. The summed E-state index contributed by atoms with van der Waals surface area (Å²) >= 11 is 0. The Hall–Kier alpha value is -1.16. The normalized spacial score (nSPS) is 12.9. The van der Waals surface area contributed by atoms with Crippen LogP contribution in [-0.4, -0.2) is 21.2 Å². The van der Waals surface area contributed by atoms with Gasteiger partial charge in [0, 0.05) is 19.7 Å². The van der Waals surface area contributed by atoms with Gasteiger partial charge in [0.1, 0.15) is 12.4 Å². The number of aromatic nitrogens is 2. The lowest BCUT2D eigenvalue weighted by atomic mass is 10.2. The van der Waals surface area contributed by atoms with Crippen molar-refractivity contribution in [1.29, 1.82) is 0 Å². The molecule has 60 valence electrons. The van der Waals surface area contributed by atoms with E-state index >= 15 is 0 Å². The van der Waals surface area contributed by atoms with Gasteiger partial charge in [-0.15, -0.1) is 0 Å². The van der Waals surface area contributed by atoms with Crippen LogP contribution in [-0.2, 0) is 11.8 Å². The van der Waals surface area contributed by atoms with Gasteiger partial charge in [0.25, 0.3) is 0 Å². The largest absolute Gasteiger partial charge is 0.386 e. The van der Waals surface area contributed by atoms with E-state index in [-0.39, 0.29) is 6.42 Å². The Kier molecular flexibility index (Phi) is 2.38. The van der Waals surface area contributed by atoms with Crippen LogP contribution in [0.15, 0.2) is 12.3 Å². The highest BCUT2D eigenvalue weighted by Gasteiger charge is 2.09. The van der Waals surface area contributed by atoms with Gasteiger partial charge in [-0.3, -0.25) is 4.68 Å². The Balaban J connectivity index is 2.74. The van der Waals surface area contributed by atoms with Crippen LogP contribution in [0.1, 0.15) is 18.2 Å². The van der Waals surface area contributed by atoms with Crippen molar-refractivity contribution < 1.29 is 9.90 Å². The molecule has 0 amide bonds. The van der Waals surface area contributed by atoms with Gasteiger partial charge in [0.2, 0.25) is 0 Å². The van der Waals surface area contributed by atoms with Crippen molar-refractivity contribution in [2.75, 3.05) is 0 Å². The van der Waals surface area contributed by atoms with Crippen LogP contribution in [0.2, 0.25) is 0 Å². The fourth-order valence-corrected chi connectivity index (χ4v) is 0.923. The van der Waals surface area contributed by atoms with Crippen molar-refractivity contribution in [3.05, 3.63) is 18.0 Å². The molecule has 1 N–H and O–H groups in total. The number of rotatable bonds is 3. The lowest BCUT2D eigenvalue weighted by Crippen LogP contribution is -2.05. The molecular formula is C7H10N2O2. The van der Waals surface area contributed by atoms with Crippen molar-refractivity contribution in [3.63, 3.8) is 0 Å². The molecule has 0 aliphatic heterocycles. The van der Waals surface area contributed by atoms with E-state index in [0.29, 0.717) is 12.0 Å². The van der Waals surface area contributed by atoms with E-state index in [4.69, 9.17) is 0 Å². The summed E-state index contributed by atoms with van der Waals surface area (Å²) < 4.78 is 1.55. The van der Waals surface area contributed by atoms with E-state index in [2.05, 4.69) is 5.10 Å².